The van der Waals surface area contributed by atoms with Gasteiger partial charge in [0.2, 0.25) is 0 Å². The molecule has 1 aromatic heterocycles. The van der Waals surface area contributed by atoms with Gasteiger partial charge >= 0.3 is 0 Å². The highest BCUT2D eigenvalue weighted by Gasteiger charge is 2.10. The highest BCUT2D eigenvalue weighted by atomic mass is 16.3. The zero-order chi connectivity index (χ0) is 19.8. The first-order valence-corrected chi connectivity index (χ1v) is 9.01. The number of phenolic OH excluding ortho intramolecular Hbond substituents is 1. The van der Waals surface area contributed by atoms with Crippen LogP contribution in [0.25, 0.3) is 0 Å². The van der Waals surface area contributed by atoms with Crippen molar-refractivity contribution in [3.8, 4) is 5.75 Å². The van der Waals surface area contributed by atoms with Crippen LogP contribution in [-0.4, -0.2) is 46.4 Å². The standard InChI is InChI=1S/C19H28N6O2/c1-5-20-19(23-12-16-13(2)24-25(4)14(16)3)22-11-10-21-18(27)15-8-6-7-9-17(15)26/h6-9,26H,5,10-12H2,1-4H3,(H,21,27)(H2,20,22,23). The molecule has 0 saturated carbocycles. The van der Waals surface area contributed by atoms with Crippen LogP contribution in [0, 0.1) is 13.8 Å². The fraction of sp³-hybridized carbons (Fsp3) is 0.421. The van der Waals surface area contributed by atoms with Crippen LogP contribution in [0.1, 0.15) is 34.2 Å². The summed E-state index contributed by atoms with van der Waals surface area (Å²) in [7, 11) is 1.92. The van der Waals surface area contributed by atoms with Gasteiger partial charge in [-0.1, -0.05) is 12.1 Å². The lowest BCUT2D eigenvalue weighted by Crippen LogP contribution is -2.41. The van der Waals surface area contributed by atoms with Gasteiger partial charge < -0.3 is 21.1 Å². The Morgan fingerprint density at radius 2 is 1.89 bits per heavy atom. The molecule has 4 N–H and O–H groups in total. The maximum absolute atomic E-state index is 12.1. The topological polar surface area (TPSA) is 104 Å². The van der Waals surface area contributed by atoms with Gasteiger partial charge in [0, 0.05) is 37.9 Å². The number of hydrogen-bond donors (Lipinski definition) is 4. The molecule has 8 nitrogen and oxygen atoms in total. The van der Waals surface area contributed by atoms with Crippen LogP contribution >= 0.6 is 0 Å². The maximum atomic E-state index is 12.1. The lowest BCUT2D eigenvalue weighted by Gasteiger charge is -2.12. The molecule has 27 heavy (non-hydrogen) atoms. The predicted octanol–water partition coefficient (Wildman–Crippen LogP) is 1.23. The number of para-hydroxylation sites is 1. The van der Waals surface area contributed by atoms with Crippen molar-refractivity contribution in [2.24, 2.45) is 12.0 Å². The Kier molecular flexibility index (Phi) is 7.22. The summed E-state index contributed by atoms with van der Waals surface area (Å²) in [5.41, 5.74) is 3.45. The Morgan fingerprint density at radius 1 is 1.19 bits per heavy atom. The SMILES string of the molecule is CCNC(=NCc1c(C)nn(C)c1C)NCCNC(=O)c1ccccc1O. The average Bonchev–Trinajstić information content (AvgIpc) is 2.88. The third kappa shape index (κ3) is 5.47. The van der Waals surface area contributed by atoms with Gasteiger partial charge in [-0.3, -0.25) is 9.48 Å². The molecule has 0 unspecified atom stereocenters. The molecule has 2 rings (SSSR count). The lowest BCUT2D eigenvalue weighted by molar-refractivity contribution is 0.0951. The summed E-state index contributed by atoms with van der Waals surface area (Å²) < 4.78 is 1.86. The molecule has 8 heteroatoms. The largest absolute Gasteiger partial charge is 0.507 e. The van der Waals surface area contributed by atoms with E-state index in [0.717, 1.165) is 23.5 Å². The molecule has 1 heterocycles. The van der Waals surface area contributed by atoms with E-state index in [0.29, 0.717) is 25.6 Å². The van der Waals surface area contributed by atoms with Crippen molar-refractivity contribution < 1.29 is 9.90 Å². The maximum Gasteiger partial charge on any atom is 0.255 e. The number of carbonyl (C=O) groups is 1. The summed E-state index contributed by atoms with van der Waals surface area (Å²) in [6, 6.07) is 6.47. The lowest BCUT2D eigenvalue weighted by atomic mass is 10.2. The second-order valence-corrected chi connectivity index (χ2v) is 6.17. The van der Waals surface area contributed by atoms with E-state index in [1.165, 1.54) is 6.07 Å². The van der Waals surface area contributed by atoms with E-state index < -0.39 is 0 Å². The minimum atomic E-state index is -0.307. The Hall–Kier alpha value is -3.03. The molecule has 0 fully saturated rings. The smallest absolute Gasteiger partial charge is 0.255 e. The molecule has 0 atom stereocenters. The van der Waals surface area contributed by atoms with Crippen molar-refractivity contribution in [1.82, 2.24) is 25.7 Å². The van der Waals surface area contributed by atoms with Gasteiger partial charge in [-0.05, 0) is 32.9 Å². The van der Waals surface area contributed by atoms with Crippen molar-refractivity contribution in [1.29, 1.82) is 0 Å². The first-order valence-electron chi connectivity index (χ1n) is 9.01. The molecule has 0 saturated heterocycles. The normalized spacial score (nSPS) is 11.3. The van der Waals surface area contributed by atoms with Crippen molar-refractivity contribution in [3.63, 3.8) is 0 Å². The number of nitrogens with one attached hydrogen (secondary N) is 3. The van der Waals surface area contributed by atoms with Crippen molar-refractivity contribution in [2.75, 3.05) is 19.6 Å². The van der Waals surface area contributed by atoms with Crippen molar-refractivity contribution in [2.45, 2.75) is 27.3 Å². The number of aromatic hydroxyl groups is 1. The highest BCUT2D eigenvalue weighted by molar-refractivity contribution is 5.96. The molecule has 0 spiro atoms. The highest BCUT2D eigenvalue weighted by Crippen LogP contribution is 2.15. The predicted molar refractivity (Wildman–Crippen MR) is 106 cm³/mol. The molecule has 146 valence electrons. The third-order valence-corrected chi connectivity index (χ3v) is 4.25. The molecular formula is C19H28N6O2. The molecule has 1 aromatic carbocycles. The number of hydrogen-bond acceptors (Lipinski definition) is 4. The second kappa shape index (κ2) is 9.61. The second-order valence-electron chi connectivity index (χ2n) is 6.17. The van der Waals surface area contributed by atoms with Crippen LogP contribution in [0.15, 0.2) is 29.3 Å². The van der Waals surface area contributed by atoms with E-state index in [9.17, 15) is 9.90 Å². The van der Waals surface area contributed by atoms with Crippen LogP contribution in [0.3, 0.4) is 0 Å². The number of aromatic nitrogens is 2. The first kappa shape index (κ1) is 20.3. The summed E-state index contributed by atoms with van der Waals surface area (Å²) in [5.74, 6) is 0.343. The van der Waals surface area contributed by atoms with Gasteiger partial charge in [-0.2, -0.15) is 5.10 Å². The molecule has 0 radical (unpaired) electrons. The number of aryl methyl sites for hydroxylation is 2. The van der Waals surface area contributed by atoms with Crippen molar-refractivity contribution >= 4 is 11.9 Å². The van der Waals surface area contributed by atoms with Crippen molar-refractivity contribution in [3.05, 3.63) is 46.8 Å². The fourth-order valence-corrected chi connectivity index (χ4v) is 2.66. The molecule has 0 aliphatic heterocycles. The minimum Gasteiger partial charge on any atom is -0.507 e. The van der Waals surface area contributed by atoms with Gasteiger partial charge in [-0.15, -0.1) is 0 Å². The number of nitrogens with zero attached hydrogens (tertiary/aromatic N) is 3. The summed E-state index contributed by atoms with van der Waals surface area (Å²) in [4.78, 5) is 16.7. The average molecular weight is 372 g/mol. The van der Waals surface area contributed by atoms with Crippen LogP contribution in [0.4, 0.5) is 0 Å². The van der Waals surface area contributed by atoms with E-state index in [4.69, 9.17) is 0 Å². The van der Waals surface area contributed by atoms with E-state index in [2.05, 4.69) is 26.0 Å². The minimum absolute atomic E-state index is 0.0277. The molecule has 1 amide bonds. The van der Waals surface area contributed by atoms with Crippen LogP contribution in [0.2, 0.25) is 0 Å². The van der Waals surface area contributed by atoms with Gasteiger partial charge in [0.1, 0.15) is 5.75 Å². The van der Waals surface area contributed by atoms with E-state index in [1.54, 1.807) is 18.2 Å². The number of phenols is 1. The third-order valence-electron chi connectivity index (χ3n) is 4.25. The van der Waals surface area contributed by atoms with Gasteiger partial charge in [-0.25, -0.2) is 4.99 Å². The summed E-state index contributed by atoms with van der Waals surface area (Å²) in [6.45, 7) is 8.19. The van der Waals surface area contributed by atoms with Crippen LogP contribution in [0.5, 0.6) is 5.75 Å². The Morgan fingerprint density at radius 3 is 2.52 bits per heavy atom. The number of benzene rings is 1. The summed E-state index contributed by atoms with van der Waals surface area (Å²) in [6.07, 6.45) is 0. The zero-order valence-electron chi connectivity index (χ0n) is 16.3. The zero-order valence-corrected chi connectivity index (χ0v) is 16.3. The Labute approximate surface area is 159 Å². The monoisotopic (exact) mass is 372 g/mol. The van der Waals surface area contributed by atoms with Crippen LogP contribution in [-0.2, 0) is 13.6 Å². The Bertz CT molecular complexity index is 813. The van der Waals surface area contributed by atoms with E-state index in [-0.39, 0.29) is 17.2 Å². The number of amides is 1. The van der Waals surface area contributed by atoms with E-state index >= 15 is 0 Å². The quantitative estimate of drug-likeness (QED) is 0.332. The van der Waals surface area contributed by atoms with Crippen LogP contribution < -0.4 is 16.0 Å². The van der Waals surface area contributed by atoms with E-state index in [1.807, 2.05) is 32.5 Å². The molecule has 0 aliphatic rings. The molecular weight excluding hydrogens is 344 g/mol. The van der Waals surface area contributed by atoms with Gasteiger partial charge in [0.25, 0.3) is 5.91 Å². The molecule has 2 aromatic rings. The first-order chi connectivity index (χ1) is 12.9. The van der Waals surface area contributed by atoms with Gasteiger partial charge in [0.05, 0.1) is 17.8 Å². The molecule has 0 bridgehead atoms. The number of carbonyl (C=O) groups excluding carboxylic acids is 1. The summed E-state index contributed by atoms with van der Waals surface area (Å²) in [5, 5.41) is 23.3. The number of aliphatic imine (C=N–C) groups is 1. The molecule has 0 aliphatic carbocycles. The number of guanidine groups is 1. The Balaban J connectivity index is 1.87. The van der Waals surface area contributed by atoms with Gasteiger partial charge in [0.15, 0.2) is 5.96 Å². The summed E-state index contributed by atoms with van der Waals surface area (Å²) >= 11 is 0. The fourth-order valence-electron chi connectivity index (χ4n) is 2.66. The number of rotatable bonds is 7.